The molecule has 138 valence electrons. The van der Waals surface area contributed by atoms with E-state index in [4.69, 9.17) is 4.74 Å². The zero-order chi connectivity index (χ0) is 18.9. The van der Waals surface area contributed by atoms with Crippen LogP contribution in [0.15, 0.2) is 30.7 Å². The Morgan fingerprint density at radius 1 is 1.12 bits per heavy atom. The normalized spacial score (nSPS) is 13.3. The summed E-state index contributed by atoms with van der Waals surface area (Å²) in [4.78, 5) is 8.03. The topological polar surface area (TPSA) is 74.4 Å². The smallest absolute Gasteiger partial charge is 0.417 e. The van der Waals surface area contributed by atoms with E-state index in [0.717, 1.165) is 11.5 Å². The fourth-order valence-electron chi connectivity index (χ4n) is 2.08. The summed E-state index contributed by atoms with van der Waals surface area (Å²) in [6.07, 6.45) is -3.67. The Morgan fingerprint density at radius 2 is 1.88 bits per heavy atom. The van der Waals surface area contributed by atoms with Crippen LogP contribution in [0.4, 0.5) is 17.6 Å². The summed E-state index contributed by atoms with van der Waals surface area (Å²) in [5.41, 5.74) is 0.870. The molecule has 0 radical (unpaired) electrons. The maximum atomic E-state index is 13.8. The molecule has 0 aliphatic carbocycles. The average molecular weight is 371 g/mol. The minimum Gasteiger partial charge on any atom is -0.469 e. The van der Waals surface area contributed by atoms with E-state index in [1.807, 2.05) is 0 Å². The van der Waals surface area contributed by atoms with Crippen molar-refractivity contribution in [3.05, 3.63) is 36.5 Å². The molecule has 1 atom stereocenters. The highest BCUT2D eigenvalue weighted by Gasteiger charge is 2.37. The number of ether oxygens (including phenoxy) is 2. The molecule has 0 saturated heterocycles. The van der Waals surface area contributed by atoms with Crippen molar-refractivity contribution < 1.29 is 27.0 Å². The second-order valence-electron chi connectivity index (χ2n) is 5.29. The van der Waals surface area contributed by atoms with Crippen LogP contribution in [0.3, 0.4) is 0 Å². The number of fused-ring (bicyclic) bond motifs is 1. The lowest BCUT2D eigenvalue weighted by Gasteiger charge is -2.13. The molecular formula is C15H13F4N5O2. The molecule has 3 heterocycles. The van der Waals surface area contributed by atoms with Crippen molar-refractivity contribution in [2.24, 2.45) is 0 Å². The van der Waals surface area contributed by atoms with E-state index in [2.05, 4.69) is 24.9 Å². The van der Waals surface area contributed by atoms with Crippen molar-refractivity contribution in [2.75, 3.05) is 7.11 Å². The molecule has 3 rings (SSSR count). The highest BCUT2D eigenvalue weighted by Crippen LogP contribution is 2.28. The van der Waals surface area contributed by atoms with E-state index in [0.29, 0.717) is 11.3 Å². The van der Waals surface area contributed by atoms with E-state index in [1.165, 1.54) is 37.6 Å². The van der Waals surface area contributed by atoms with E-state index >= 15 is 0 Å². The predicted molar refractivity (Wildman–Crippen MR) is 81.0 cm³/mol. The molecule has 0 N–H and O–H groups in total. The lowest BCUT2D eigenvalue weighted by Crippen LogP contribution is -2.21. The van der Waals surface area contributed by atoms with Gasteiger partial charge in [-0.15, -0.1) is 10.2 Å². The molecule has 3 aromatic heterocycles. The van der Waals surface area contributed by atoms with Gasteiger partial charge in [-0.3, -0.25) is 9.38 Å². The molecule has 0 aliphatic heterocycles. The van der Waals surface area contributed by atoms with Crippen LogP contribution in [0, 0.1) is 0 Å². The first kappa shape index (κ1) is 18.0. The van der Waals surface area contributed by atoms with E-state index in [-0.39, 0.29) is 11.5 Å². The van der Waals surface area contributed by atoms with E-state index < -0.39 is 24.5 Å². The third kappa shape index (κ3) is 3.43. The van der Waals surface area contributed by atoms with Crippen LogP contribution in [0.5, 0.6) is 5.88 Å². The standard InChI is InChI=1S/C15H13F4N5O2/c1-8(13(16)17)26-12-4-3-9(5-21-12)10-7-24-11(6-20-10)22-23-14(24)15(18,19)25-2/h3-8,13H,1-2H3/t8-/m0/s1. The van der Waals surface area contributed by atoms with Crippen molar-refractivity contribution >= 4 is 5.65 Å². The predicted octanol–water partition coefficient (Wildman–Crippen LogP) is 2.91. The van der Waals surface area contributed by atoms with Gasteiger partial charge >= 0.3 is 6.11 Å². The number of nitrogens with zero attached hydrogens (tertiary/aromatic N) is 5. The summed E-state index contributed by atoms with van der Waals surface area (Å²) in [5, 5.41) is 7.04. The summed E-state index contributed by atoms with van der Waals surface area (Å²) < 4.78 is 62.7. The average Bonchev–Trinajstić information content (AvgIpc) is 3.06. The van der Waals surface area contributed by atoms with Gasteiger partial charge in [-0.25, -0.2) is 13.8 Å². The number of pyridine rings is 1. The number of methoxy groups -OCH3 is 1. The van der Waals surface area contributed by atoms with Crippen molar-refractivity contribution in [1.29, 1.82) is 0 Å². The van der Waals surface area contributed by atoms with Gasteiger partial charge in [0.25, 0.3) is 6.43 Å². The molecule has 0 saturated carbocycles. The number of alkyl halides is 4. The lowest BCUT2D eigenvalue weighted by atomic mass is 10.2. The van der Waals surface area contributed by atoms with Crippen LogP contribution in [-0.4, -0.2) is 44.2 Å². The largest absolute Gasteiger partial charge is 0.469 e. The minimum atomic E-state index is -3.63. The highest BCUT2D eigenvalue weighted by atomic mass is 19.3. The van der Waals surface area contributed by atoms with Gasteiger partial charge in [-0.05, 0) is 13.0 Å². The summed E-state index contributed by atoms with van der Waals surface area (Å²) in [5.74, 6) is -0.684. The van der Waals surface area contributed by atoms with Crippen LogP contribution in [0.25, 0.3) is 16.9 Å². The second-order valence-corrected chi connectivity index (χ2v) is 5.29. The molecule has 3 aromatic rings. The molecule has 0 bridgehead atoms. The number of rotatable bonds is 6. The van der Waals surface area contributed by atoms with Gasteiger partial charge in [0.05, 0.1) is 11.9 Å². The minimum absolute atomic E-state index is 0.0125. The SMILES string of the molecule is COC(F)(F)c1nnc2cnc(-c3ccc(O[C@@H](C)C(F)F)nc3)cn12. The lowest BCUT2D eigenvalue weighted by molar-refractivity contribution is -0.237. The fraction of sp³-hybridized carbons (Fsp3) is 0.333. The molecule has 11 heteroatoms. The summed E-state index contributed by atoms with van der Waals surface area (Å²) in [7, 11) is 0.853. The first-order chi connectivity index (χ1) is 12.3. The maximum absolute atomic E-state index is 13.8. The summed E-state index contributed by atoms with van der Waals surface area (Å²) in [6, 6.07) is 2.91. The number of hydrogen-bond donors (Lipinski definition) is 0. The molecule has 0 spiro atoms. The summed E-state index contributed by atoms with van der Waals surface area (Å²) >= 11 is 0. The van der Waals surface area contributed by atoms with Gasteiger partial charge in [0, 0.05) is 31.1 Å². The number of aromatic nitrogens is 5. The Kier molecular flexibility index (Phi) is 4.72. The molecule has 0 unspecified atom stereocenters. The van der Waals surface area contributed by atoms with Crippen molar-refractivity contribution in [3.63, 3.8) is 0 Å². The van der Waals surface area contributed by atoms with Gasteiger partial charge in [0.2, 0.25) is 11.7 Å². The molecule has 0 amide bonds. The van der Waals surface area contributed by atoms with Gasteiger partial charge in [-0.2, -0.15) is 8.78 Å². The third-order valence-corrected chi connectivity index (χ3v) is 3.50. The Bertz CT molecular complexity index is 901. The number of halogens is 4. The van der Waals surface area contributed by atoms with Crippen LogP contribution in [0.1, 0.15) is 12.7 Å². The first-order valence-corrected chi connectivity index (χ1v) is 7.37. The van der Waals surface area contributed by atoms with Crippen LogP contribution >= 0.6 is 0 Å². The van der Waals surface area contributed by atoms with Crippen LogP contribution in [0.2, 0.25) is 0 Å². The first-order valence-electron chi connectivity index (χ1n) is 7.37. The zero-order valence-electron chi connectivity index (χ0n) is 13.6. The Hall–Kier alpha value is -2.82. The Labute approximate surface area is 144 Å². The van der Waals surface area contributed by atoms with Gasteiger partial charge in [-0.1, -0.05) is 0 Å². The number of hydrogen-bond acceptors (Lipinski definition) is 6. The highest BCUT2D eigenvalue weighted by molar-refractivity contribution is 5.59. The van der Waals surface area contributed by atoms with E-state index in [1.54, 1.807) is 0 Å². The van der Waals surface area contributed by atoms with Crippen LogP contribution < -0.4 is 4.74 Å². The molecule has 0 fully saturated rings. The monoisotopic (exact) mass is 371 g/mol. The molecule has 0 aliphatic rings. The Morgan fingerprint density at radius 3 is 2.50 bits per heavy atom. The van der Waals surface area contributed by atoms with E-state index in [9.17, 15) is 17.6 Å². The van der Waals surface area contributed by atoms with Crippen LogP contribution in [-0.2, 0) is 10.8 Å². The molecule has 26 heavy (non-hydrogen) atoms. The second kappa shape index (κ2) is 6.83. The van der Waals surface area contributed by atoms with Crippen molar-refractivity contribution in [1.82, 2.24) is 24.6 Å². The van der Waals surface area contributed by atoms with Crippen molar-refractivity contribution in [2.45, 2.75) is 25.6 Å². The summed E-state index contributed by atoms with van der Waals surface area (Å²) in [6.45, 7) is 1.22. The quantitative estimate of drug-likeness (QED) is 0.621. The van der Waals surface area contributed by atoms with Gasteiger partial charge in [0.15, 0.2) is 11.8 Å². The Balaban J connectivity index is 1.92. The maximum Gasteiger partial charge on any atom is 0.417 e. The van der Waals surface area contributed by atoms with Gasteiger partial charge < -0.3 is 9.47 Å². The van der Waals surface area contributed by atoms with Gasteiger partial charge in [0.1, 0.15) is 0 Å². The molecule has 7 nitrogen and oxygen atoms in total. The third-order valence-electron chi connectivity index (χ3n) is 3.50. The fourth-order valence-corrected chi connectivity index (χ4v) is 2.08. The van der Waals surface area contributed by atoms with Crippen molar-refractivity contribution in [3.8, 4) is 17.1 Å². The molecular weight excluding hydrogens is 358 g/mol. The molecule has 0 aromatic carbocycles. The zero-order valence-corrected chi connectivity index (χ0v) is 13.6.